The predicted octanol–water partition coefficient (Wildman–Crippen LogP) is 2.10. The van der Waals surface area contributed by atoms with E-state index >= 15 is 0 Å². The second-order valence-corrected chi connectivity index (χ2v) is 5.61. The van der Waals surface area contributed by atoms with Gasteiger partial charge in [0.25, 0.3) is 0 Å². The zero-order valence-corrected chi connectivity index (χ0v) is 14.6. The van der Waals surface area contributed by atoms with Crippen molar-refractivity contribution in [2.45, 2.75) is 32.7 Å². The first-order chi connectivity index (χ1) is 11.4. The molecule has 0 spiro atoms. The van der Waals surface area contributed by atoms with Crippen molar-refractivity contribution in [1.29, 1.82) is 0 Å². The lowest BCUT2D eigenvalue weighted by molar-refractivity contribution is -0.140. The minimum absolute atomic E-state index is 0.0245. The number of carbonyl (C=O) groups is 1. The van der Waals surface area contributed by atoms with Crippen LogP contribution in [0.1, 0.15) is 31.9 Å². The number of ether oxygens (including phenoxy) is 3. The summed E-state index contributed by atoms with van der Waals surface area (Å²) in [4.78, 5) is 28.1. The number of hydrogen-bond donors (Lipinski definition) is 0. The van der Waals surface area contributed by atoms with Crippen LogP contribution < -0.4 is 15.2 Å². The number of benzene rings is 1. The Morgan fingerprint density at radius 1 is 1.21 bits per heavy atom. The third-order valence-electron chi connectivity index (χ3n) is 3.83. The highest BCUT2D eigenvalue weighted by Crippen LogP contribution is 2.38. The molecular weight excluding hydrogens is 312 g/mol. The Morgan fingerprint density at radius 3 is 2.46 bits per heavy atom. The Bertz CT molecular complexity index is 811. The van der Waals surface area contributed by atoms with E-state index < -0.39 is 5.69 Å². The molecule has 1 aromatic carbocycles. The number of esters is 1. The zero-order chi connectivity index (χ0) is 17.9. The first kappa shape index (κ1) is 17.8. The van der Waals surface area contributed by atoms with E-state index in [9.17, 15) is 9.59 Å². The maximum Gasteiger partial charge on any atom is 0.348 e. The molecule has 0 aliphatic carbocycles. The molecule has 0 radical (unpaired) electrons. The SMILES string of the molecule is COC(=O)CCn1c(=O)nc(C(C)C)c2c(OC)c(OC)ccc21. The Balaban J connectivity index is 2.77. The highest BCUT2D eigenvalue weighted by atomic mass is 16.5. The molecule has 2 rings (SSSR count). The topological polar surface area (TPSA) is 79.7 Å². The minimum Gasteiger partial charge on any atom is -0.493 e. The fourth-order valence-corrected chi connectivity index (χ4v) is 2.65. The van der Waals surface area contributed by atoms with Gasteiger partial charge in [-0.3, -0.25) is 9.36 Å². The van der Waals surface area contributed by atoms with Crippen LogP contribution in [0.4, 0.5) is 0 Å². The molecule has 0 amide bonds. The highest BCUT2D eigenvalue weighted by molar-refractivity contribution is 5.90. The number of methoxy groups -OCH3 is 3. The number of nitrogens with zero attached hydrogens (tertiary/aromatic N) is 2. The van der Waals surface area contributed by atoms with E-state index in [-0.39, 0.29) is 24.9 Å². The molecule has 2 aromatic rings. The average Bonchev–Trinajstić information content (AvgIpc) is 2.58. The second-order valence-electron chi connectivity index (χ2n) is 5.61. The van der Waals surface area contributed by atoms with Crippen LogP contribution in [0.2, 0.25) is 0 Å². The van der Waals surface area contributed by atoms with Crippen LogP contribution >= 0.6 is 0 Å². The predicted molar refractivity (Wildman–Crippen MR) is 89.8 cm³/mol. The number of aryl methyl sites for hydroxylation is 1. The van der Waals surface area contributed by atoms with Crippen molar-refractivity contribution >= 4 is 16.9 Å². The molecule has 7 heteroatoms. The van der Waals surface area contributed by atoms with E-state index in [1.54, 1.807) is 26.4 Å². The van der Waals surface area contributed by atoms with E-state index in [2.05, 4.69) is 9.72 Å². The summed E-state index contributed by atoms with van der Waals surface area (Å²) in [6.45, 7) is 4.10. The normalized spacial score (nSPS) is 10.9. The summed E-state index contributed by atoms with van der Waals surface area (Å²) in [5.74, 6) is 0.727. The van der Waals surface area contributed by atoms with Gasteiger partial charge in [-0.15, -0.1) is 0 Å². The molecule has 0 fully saturated rings. The van der Waals surface area contributed by atoms with Crippen molar-refractivity contribution in [2.24, 2.45) is 0 Å². The van der Waals surface area contributed by atoms with Crippen LogP contribution in [0.25, 0.3) is 10.9 Å². The summed E-state index contributed by atoms with van der Waals surface area (Å²) in [6, 6.07) is 3.52. The van der Waals surface area contributed by atoms with E-state index in [0.717, 1.165) is 5.39 Å². The Morgan fingerprint density at radius 2 is 1.92 bits per heavy atom. The zero-order valence-electron chi connectivity index (χ0n) is 14.6. The van der Waals surface area contributed by atoms with Crippen LogP contribution in [0.3, 0.4) is 0 Å². The second kappa shape index (κ2) is 7.33. The number of aromatic nitrogens is 2. The smallest absolute Gasteiger partial charge is 0.348 e. The fraction of sp³-hybridized carbons (Fsp3) is 0.471. The van der Waals surface area contributed by atoms with E-state index in [0.29, 0.717) is 22.7 Å². The molecule has 0 aliphatic rings. The number of hydrogen-bond acceptors (Lipinski definition) is 6. The van der Waals surface area contributed by atoms with Crippen LogP contribution in [0.5, 0.6) is 11.5 Å². The van der Waals surface area contributed by atoms with Crippen molar-refractivity contribution < 1.29 is 19.0 Å². The molecule has 0 atom stereocenters. The maximum atomic E-state index is 12.4. The summed E-state index contributed by atoms with van der Waals surface area (Å²) in [6.07, 6.45) is 0.0859. The van der Waals surface area contributed by atoms with Crippen molar-refractivity contribution in [3.63, 3.8) is 0 Å². The molecule has 0 saturated carbocycles. The molecule has 0 N–H and O–H groups in total. The quantitative estimate of drug-likeness (QED) is 0.753. The molecule has 1 heterocycles. The Kier molecular flexibility index (Phi) is 5.43. The van der Waals surface area contributed by atoms with E-state index in [1.807, 2.05) is 13.8 Å². The van der Waals surface area contributed by atoms with Crippen LogP contribution in [0, 0.1) is 0 Å². The molecule has 0 saturated heterocycles. The molecule has 0 aliphatic heterocycles. The molecule has 1 aromatic heterocycles. The van der Waals surface area contributed by atoms with Gasteiger partial charge in [-0.1, -0.05) is 13.8 Å². The van der Waals surface area contributed by atoms with Crippen LogP contribution in [0.15, 0.2) is 16.9 Å². The third kappa shape index (κ3) is 3.20. The van der Waals surface area contributed by atoms with Gasteiger partial charge >= 0.3 is 11.7 Å². The summed E-state index contributed by atoms with van der Waals surface area (Å²) in [5, 5.41) is 0.719. The monoisotopic (exact) mass is 334 g/mol. The van der Waals surface area contributed by atoms with Crippen molar-refractivity contribution in [1.82, 2.24) is 9.55 Å². The molecule has 0 unspecified atom stereocenters. The fourth-order valence-electron chi connectivity index (χ4n) is 2.65. The van der Waals surface area contributed by atoms with Gasteiger partial charge in [0.05, 0.1) is 44.3 Å². The largest absolute Gasteiger partial charge is 0.493 e. The first-order valence-corrected chi connectivity index (χ1v) is 7.66. The molecule has 0 bridgehead atoms. The molecule has 7 nitrogen and oxygen atoms in total. The molecular formula is C17H22N2O5. The average molecular weight is 334 g/mol. The minimum atomic E-state index is -0.401. The number of fused-ring (bicyclic) bond motifs is 1. The van der Waals surface area contributed by atoms with E-state index in [4.69, 9.17) is 9.47 Å². The van der Waals surface area contributed by atoms with Gasteiger partial charge in [0.1, 0.15) is 0 Å². The lowest BCUT2D eigenvalue weighted by Crippen LogP contribution is -2.26. The van der Waals surface area contributed by atoms with Gasteiger partial charge in [0, 0.05) is 6.54 Å². The first-order valence-electron chi connectivity index (χ1n) is 7.66. The van der Waals surface area contributed by atoms with Gasteiger partial charge in [0.2, 0.25) is 0 Å². The summed E-state index contributed by atoms with van der Waals surface area (Å²) in [7, 11) is 4.42. The van der Waals surface area contributed by atoms with Crippen LogP contribution in [-0.4, -0.2) is 36.8 Å². The standard InChI is InChI=1S/C17H22N2O5/c1-10(2)15-14-11(6-7-12(22-3)16(14)24-5)19(17(21)18-15)9-8-13(20)23-4/h6-7,10H,8-9H2,1-5H3. The van der Waals surface area contributed by atoms with Gasteiger partial charge in [0.15, 0.2) is 11.5 Å². The van der Waals surface area contributed by atoms with Gasteiger partial charge in [-0.05, 0) is 18.1 Å². The van der Waals surface area contributed by atoms with Gasteiger partial charge in [-0.25, -0.2) is 4.79 Å². The number of carbonyl (C=O) groups excluding carboxylic acids is 1. The Hall–Kier alpha value is -2.57. The van der Waals surface area contributed by atoms with Crippen molar-refractivity contribution in [3.05, 3.63) is 28.3 Å². The van der Waals surface area contributed by atoms with Crippen molar-refractivity contribution in [3.8, 4) is 11.5 Å². The highest BCUT2D eigenvalue weighted by Gasteiger charge is 2.20. The number of rotatable bonds is 6. The molecule has 130 valence electrons. The Labute approximate surface area is 140 Å². The summed E-state index contributed by atoms with van der Waals surface area (Å²) < 4.78 is 17.0. The maximum absolute atomic E-state index is 12.4. The lowest BCUT2D eigenvalue weighted by Gasteiger charge is -2.18. The lowest BCUT2D eigenvalue weighted by atomic mass is 10.0. The van der Waals surface area contributed by atoms with E-state index in [1.165, 1.54) is 11.7 Å². The summed E-state index contributed by atoms with van der Waals surface area (Å²) in [5.41, 5.74) is 0.891. The van der Waals surface area contributed by atoms with Gasteiger partial charge < -0.3 is 14.2 Å². The summed E-state index contributed by atoms with van der Waals surface area (Å²) >= 11 is 0. The molecule has 24 heavy (non-hydrogen) atoms. The third-order valence-corrected chi connectivity index (χ3v) is 3.83. The van der Waals surface area contributed by atoms with Gasteiger partial charge in [-0.2, -0.15) is 4.98 Å². The van der Waals surface area contributed by atoms with Crippen LogP contribution in [-0.2, 0) is 16.1 Å². The van der Waals surface area contributed by atoms with Crippen molar-refractivity contribution in [2.75, 3.05) is 21.3 Å².